The van der Waals surface area contributed by atoms with Gasteiger partial charge in [-0.05, 0) is 36.0 Å². The minimum Gasteiger partial charge on any atom is -0.269 e. The standard InChI is InChI=1S/C17H21N/c1-2-3-9-17(16-8-10-18-13-16)11-14-6-4-5-7-15(14)12-17/h4-7,10,13H,2-3,8-9,11-12H2,1H3. The Morgan fingerprint density at radius 2 is 1.89 bits per heavy atom. The molecule has 0 amide bonds. The van der Waals surface area contributed by atoms with Crippen molar-refractivity contribution in [3.05, 3.63) is 47.2 Å². The van der Waals surface area contributed by atoms with E-state index in [1.165, 1.54) is 32.1 Å². The number of fused-ring (bicyclic) bond motifs is 1. The Balaban J connectivity index is 1.90. The Morgan fingerprint density at radius 3 is 2.44 bits per heavy atom. The van der Waals surface area contributed by atoms with Gasteiger partial charge in [-0.1, -0.05) is 44.0 Å². The summed E-state index contributed by atoms with van der Waals surface area (Å²) < 4.78 is 0. The van der Waals surface area contributed by atoms with Crippen LogP contribution in [0.2, 0.25) is 0 Å². The third kappa shape index (κ3) is 1.92. The highest BCUT2D eigenvalue weighted by atomic mass is 14.7. The van der Waals surface area contributed by atoms with E-state index in [9.17, 15) is 0 Å². The van der Waals surface area contributed by atoms with Gasteiger partial charge in [0.2, 0.25) is 0 Å². The Labute approximate surface area is 110 Å². The number of rotatable bonds is 4. The van der Waals surface area contributed by atoms with Crippen molar-refractivity contribution in [2.75, 3.05) is 0 Å². The molecule has 0 radical (unpaired) electrons. The summed E-state index contributed by atoms with van der Waals surface area (Å²) in [6, 6.07) is 8.96. The normalized spacial score (nSPS) is 19.9. The number of hydrogen-bond donors (Lipinski definition) is 0. The van der Waals surface area contributed by atoms with Gasteiger partial charge in [-0.3, -0.25) is 4.99 Å². The second-order valence-electron chi connectivity index (χ2n) is 5.70. The molecule has 0 unspecified atom stereocenters. The van der Waals surface area contributed by atoms with Gasteiger partial charge in [0, 0.05) is 24.3 Å². The quantitative estimate of drug-likeness (QED) is 0.742. The summed E-state index contributed by atoms with van der Waals surface area (Å²) in [5.41, 5.74) is 5.05. The van der Waals surface area contributed by atoms with E-state index in [0.717, 1.165) is 6.42 Å². The van der Waals surface area contributed by atoms with Crippen LogP contribution in [0.4, 0.5) is 0 Å². The van der Waals surface area contributed by atoms with Crippen LogP contribution in [0, 0.1) is 5.41 Å². The molecule has 0 atom stereocenters. The largest absolute Gasteiger partial charge is 0.269 e. The van der Waals surface area contributed by atoms with Crippen LogP contribution in [0.5, 0.6) is 0 Å². The number of nitrogens with zero attached hydrogens (tertiary/aromatic N) is 1. The topological polar surface area (TPSA) is 12.4 Å². The molecule has 0 saturated carbocycles. The van der Waals surface area contributed by atoms with Crippen molar-refractivity contribution in [1.82, 2.24) is 0 Å². The Morgan fingerprint density at radius 1 is 1.17 bits per heavy atom. The molecule has 0 fully saturated rings. The highest BCUT2D eigenvalue weighted by Crippen LogP contribution is 2.47. The average Bonchev–Trinajstić information content (AvgIpc) is 3.03. The van der Waals surface area contributed by atoms with Crippen LogP contribution in [-0.2, 0) is 12.8 Å². The van der Waals surface area contributed by atoms with Crippen LogP contribution in [-0.4, -0.2) is 6.21 Å². The average molecular weight is 239 g/mol. The van der Waals surface area contributed by atoms with E-state index in [0.29, 0.717) is 5.41 Å². The highest BCUT2D eigenvalue weighted by Gasteiger charge is 2.39. The summed E-state index contributed by atoms with van der Waals surface area (Å²) in [4.78, 5) is 4.34. The van der Waals surface area contributed by atoms with Gasteiger partial charge < -0.3 is 0 Å². The van der Waals surface area contributed by atoms with E-state index in [2.05, 4.69) is 48.6 Å². The van der Waals surface area contributed by atoms with Gasteiger partial charge in [0.1, 0.15) is 0 Å². The molecule has 18 heavy (non-hydrogen) atoms. The molecule has 3 rings (SSSR count). The molecule has 1 heteroatoms. The van der Waals surface area contributed by atoms with Crippen molar-refractivity contribution < 1.29 is 0 Å². The first-order chi connectivity index (χ1) is 8.84. The zero-order chi connectivity index (χ0) is 12.4. The first-order valence-electron chi connectivity index (χ1n) is 7.12. The van der Waals surface area contributed by atoms with Crippen LogP contribution in [0.25, 0.3) is 0 Å². The van der Waals surface area contributed by atoms with Gasteiger partial charge in [-0.15, -0.1) is 0 Å². The second-order valence-corrected chi connectivity index (χ2v) is 5.70. The summed E-state index contributed by atoms with van der Waals surface area (Å²) in [5.74, 6) is 0. The number of allylic oxidation sites excluding steroid dienone is 1. The lowest BCUT2D eigenvalue weighted by Crippen LogP contribution is -2.24. The fraction of sp³-hybridized carbons (Fsp3) is 0.471. The Kier molecular flexibility index (Phi) is 3.07. The summed E-state index contributed by atoms with van der Waals surface area (Å²) in [5, 5.41) is 0. The molecular weight excluding hydrogens is 218 g/mol. The smallest absolute Gasteiger partial charge is 0.0265 e. The van der Waals surface area contributed by atoms with Crippen molar-refractivity contribution in [2.24, 2.45) is 10.4 Å². The zero-order valence-corrected chi connectivity index (χ0v) is 11.2. The third-order valence-electron chi connectivity index (χ3n) is 4.51. The van der Waals surface area contributed by atoms with E-state index in [-0.39, 0.29) is 0 Å². The lowest BCUT2D eigenvalue weighted by Gasteiger charge is -2.30. The van der Waals surface area contributed by atoms with Gasteiger partial charge in [-0.25, -0.2) is 0 Å². The highest BCUT2D eigenvalue weighted by molar-refractivity contribution is 5.66. The van der Waals surface area contributed by atoms with Crippen molar-refractivity contribution in [2.45, 2.75) is 45.4 Å². The molecule has 0 N–H and O–H groups in total. The summed E-state index contributed by atoms with van der Waals surface area (Å²) in [6.45, 7) is 2.29. The van der Waals surface area contributed by atoms with Gasteiger partial charge in [0.05, 0.1) is 0 Å². The summed E-state index contributed by atoms with van der Waals surface area (Å²) in [7, 11) is 0. The fourth-order valence-electron chi connectivity index (χ4n) is 3.47. The summed E-state index contributed by atoms with van der Waals surface area (Å²) in [6.07, 6.45) is 11.6. The Hall–Kier alpha value is -1.37. The molecule has 1 aliphatic carbocycles. The Bertz CT molecular complexity index is 471. The minimum atomic E-state index is 0.371. The van der Waals surface area contributed by atoms with Crippen LogP contribution in [0.1, 0.15) is 43.7 Å². The lowest BCUT2D eigenvalue weighted by atomic mass is 9.73. The van der Waals surface area contributed by atoms with Crippen molar-refractivity contribution in [1.29, 1.82) is 0 Å². The van der Waals surface area contributed by atoms with Crippen molar-refractivity contribution >= 4 is 6.21 Å². The number of hydrogen-bond acceptors (Lipinski definition) is 1. The van der Waals surface area contributed by atoms with Crippen molar-refractivity contribution in [3.63, 3.8) is 0 Å². The maximum Gasteiger partial charge on any atom is 0.0265 e. The number of aliphatic imine (C=N–C) groups is 1. The second kappa shape index (κ2) is 4.72. The number of benzene rings is 1. The first-order valence-corrected chi connectivity index (χ1v) is 7.12. The minimum absolute atomic E-state index is 0.371. The maximum atomic E-state index is 4.34. The van der Waals surface area contributed by atoms with Crippen LogP contribution in [0.15, 0.2) is 41.0 Å². The van der Waals surface area contributed by atoms with Gasteiger partial charge in [0.15, 0.2) is 0 Å². The monoisotopic (exact) mass is 239 g/mol. The zero-order valence-electron chi connectivity index (χ0n) is 11.2. The number of unbranched alkanes of at least 4 members (excludes halogenated alkanes) is 1. The van der Waals surface area contributed by atoms with E-state index < -0.39 is 0 Å². The van der Waals surface area contributed by atoms with Crippen molar-refractivity contribution in [3.8, 4) is 0 Å². The van der Waals surface area contributed by atoms with Crippen LogP contribution in [0.3, 0.4) is 0 Å². The molecule has 1 heterocycles. The lowest BCUT2D eigenvalue weighted by molar-refractivity contribution is 0.331. The van der Waals surface area contributed by atoms with E-state index in [4.69, 9.17) is 0 Å². The molecule has 1 nitrogen and oxygen atoms in total. The predicted molar refractivity (Wildman–Crippen MR) is 77.0 cm³/mol. The summed E-state index contributed by atoms with van der Waals surface area (Å²) >= 11 is 0. The molecule has 0 bridgehead atoms. The molecular formula is C17H21N. The predicted octanol–water partition coefficient (Wildman–Crippen LogP) is 4.32. The van der Waals surface area contributed by atoms with Crippen LogP contribution < -0.4 is 0 Å². The molecule has 1 aliphatic heterocycles. The third-order valence-corrected chi connectivity index (χ3v) is 4.51. The van der Waals surface area contributed by atoms with E-state index in [1.807, 2.05) is 0 Å². The first kappa shape index (κ1) is 11.7. The molecule has 94 valence electrons. The van der Waals surface area contributed by atoms with Gasteiger partial charge in [0.25, 0.3) is 0 Å². The van der Waals surface area contributed by atoms with Gasteiger partial charge >= 0.3 is 0 Å². The van der Waals surface area contributed by atoms with E-state index >= 15 is 0 Å². The SMILES string of the molecule is CCCCC1(C2=CN=CC2)Cc2ccccc2C1. The van der Waals surface area contributed by atoms with Gasteiger partial charge in [-0.2, -0.15) is 0 Å². The molecule has 0 spiro atoms. The maximum absolute atomic E-state index is 4.34. The molecule has 1 aromatic carbocycles. The molecule has 0 saturated heterocycles. The fourth-order valence-corrected chi connectivity index (χ4v) is 3.47. The van der Waals surface area contributed by atoms with Crippen LogP contribution >= 0.6 is 0 Å². The van der Waals surface area contributed by atoms with E-state index in [1.54, 1.807) is 16.7 Å². The molecule has 1 aromatic rings. The molecule has 2 aliphatic rings. The molecule has 0 aromatic heterocycles.